The Kier molecular flexibility index (Phi) is 6.48. The van der Waals surface area contributed by atoms with Crippen molar-refractivity contribution in [3.63, 3.8) is 0 Å². The molecule has 0 aliphatic heterocycles. The van der Waals surface area contributed by atoms with E-state index in [9.17, 15) is 4.79 Å². The second-order valence-electron chi connectivity index (χ2n) is 7.49. The average molecular weight is 393 g/mol. The van der Waals surface area contributed by atoms with Crippen LogP contribution < -0.4 is 5.32 Å². The van der Waals surface area contributed by atoms with Crippen molar-refractivity contribution in [3.8, 4) is 11.1 Å². The summed E-state index contributed by atoms with van der Waals surface area (Å²) in [7, 11) is 0. The number of hydrogen-bond donors (Lipinski definition) is 1. The summed E-state index contributed by atoms with van der Waals surface area (Å²) >= 11 is 6.14. The number of carbonyl (C=O) groups is 1. The van der Waals surface area contributed by atoms with E-state index in [0.29, 0.717) is 10.9 Å². The van der Waals surface area contributed by atoms with Crippen LogP contribution in [-0.2, 0) is 4.79 Å². The van der Waals surface area contributed by atoms with E-state index in [0.717, 1.165) is 34.5 Å². The zero-order valence-electron chi connectivity index (χ0n) is 16.4. The van der Waals surface area contributed by atoms with E-state index in [2.05, 4.69) is 24.1 Å². The molecule has 0 saturated heterocycles. The lowest BCUT2D eigenvalue weighted by Gasteiger charge is -2.19. The topological polar surface area (TPSA) is 42.0 Å². The second-order valence-corrected chi connectivity index (χ2v) is 7.93. The summed E-state index contributed by atoms with van der Waals surface area (Å²) in [5.41, 5.74) is 4.92. The highest BCUT2D eigenvalue weighted by Crippen LogP contribution is 2.28. The van der Waals surface area contributed by atoms with Crippen LogP contribution in [0.2, 0.25) is 5.02 Å². The number of hydrogen-bond acceptors (Lipinski definition) is 2. The number of carbonyl (C=O) groups excluding carboxylic acids is 1. The number of pyridine rings is 1. The van der Waals surface area contributed by atoms with E-state index in [1.54, 1.807) is 0 Å². The molecule has 1 aromatic heterocycles. The lowest BCUT2D eigenvalue weighted by Crippen LogP contribution is -2.22. The molecule has 1 heterocycles. The first-order chi connectivity index (χ1) is 13.4. The van der Waals surface area contributed by atoms with Gasteiger partial charge in [0.15, 0.2) is 0 Å². The molecule has 1 unspecified atom stereocenters. The molecule has 0 aliphatic carbocycles. The standard InChI is InChI=1S/C24H25ClN2O/c1-16(2)13-23(20-5-4-6-21(25)15-20)24(28)27-22-9-7-18(8-10-22)19-11-12-26-17(3)14-19/h4-12,14-16,23H,13H2,1-3H3,(H,27,28). The number of nitrogens with zero attached hydrogens (tertiary/aromatic N) is 1. The van der Waals surface area contributed by atoms with Gasteiger partial charge in [-0.3, -0.25) is 9.78 Å². The first-order valence-corrected chi connectivity index (χ1v) is 9.89. The molecule has 0 aliphatic rings. The molecule has 3 nitrogen and oxygen atoms in total. The zero-order chi connectivity index (χ0) is 20.1. The van der Waals surface area contributed by atoms with Gasteiger partial charge in [0.1, 0.15) is 0 Å². The van der Waals surface area contributed by atoms with Gasteiger partial charge >= 0.3 is 0 Å². The van der Waals surface area contributed by atoms with Gasteiger partial charge in [0.2, 0.25) is 5.91 Å². The normalized spacial score (nSPS) is 12.0. The van der Waals surface area contributed by atoms with Crippen LogP contribution in [-0.4, -0.2) is 10.9 Å². The molecule has 3 rings (SSSR count). The maximum Gasteiger partial charge on any atom is 0.231 e. The number of aryl methyl sites for hydroxylation is 1. The van der Waals surface area contributed by atoms with Gasteiger partial charge in [-0.1, -0.05) is 49.7 Å². The summed E-state index contributed by atoms with van der Waals surface area (Å²) in [4.78, 5) is 17.2. The quantitative estimate of drug-likeness (QED) is 0.521. The fraction of sp³-hybridized carbons (Fsp3) is 0.250. The van der Waals surface area contributed by atoms with Gasteiger partial charge in [0.05, 0.1) is 5.92 Å². The van der Waals surface area contributed by atoms with Crippen LogP contribution in [0.5, 0.6) is 0 Å². The monoisotopic (exact) mass is 392 g/mol. The molecule has 3 aromatic rings. The maximum absolute atomic E-state index is 13.0. The van der Waals surface area contributed by atoms with E-state index in [1.807, 2.05) is 73.8 Å². The molecule has 1 N–H and O–H groups in total. The highest BCUT2D eigenvalue weighted by atomic mass is 35.5. The van der Waals surface area contributed by atoms with Crippen LogP contribution in [0.25, 0.3) is 11.1 Å². The Morgan fingerprint density at radius 1 is 1.04 bits per heavy atom. The smallest absolute Gasteiger partial charge is 0.231 e. The minimum Gasteiger partial charge on any atom is -0.326 e. The van der Waals surface area contributed by atoms with E-state index < -0.39 is 0 Å². The first-order valence-electron chi connectivity index (χ1n) is 9.52. The van der Waals surface area contributed by atoms with Crippen LogP contribution in [0.1, 0.15) is 37.4 Å². The molecule has 1 atom stereocenters. The molecule has 0 saturated carbocycles. The summed E-state index contributed by atoms with van der Waals surface area (Å²) in [6.07, 6.45) is 2.57. The van der Waals surface area contributed by atoms with Crippen LogP contribution >= 0.6 is 11.6 Å². The molecule has 0 bridgehead atoms. The van der Waals surface area contributed by atoms with Crippen molar-refractivity contribution in [2.75, 3.05) is 5.32 Å². The Labute approximate surface area is 171 Å². The lowest BCUT2D eigenvalue weighted by atomic mass is 9.89. The summed E-state index contributed by atoms with van der Waals surface area (Å²) in [6, 6.07) is 19.5. The molecule has 0 spiro atoms. The summed E-state index contributed by atoms with van der Waals surface area (Å²) in [5.74, 6) is 0.150. The number of benzene rings is 2. The Bertz CT molecular complexity index is 951. The molecule has 4 heteroatoms. The van der Waals surface area contributed by atoms with Gasteiger partial charge in [-0.2, -0.15) is 0 Å². The summed E-state index contributed by atoms with van der Waals surface area (Å²) < 4.78 is 0. The Morgan fingerprint density at radius 2 is 1.79 bits per heavy atom. The number of anilines is 1. The number of rotatable bonds is 6. The van der Waals surface area contributed by atoms with E-state index in [4.69, 9.17) is 11.6 Å². The average Bonchev–Trinajstić information content (AvgIpc) is 2.66. The minimum absolute atomic E-state index is 0.0107. The van der Waals surface area contributed by atoms with Gasteiger partial charge < -0.3 is 5.32 Å². The summed E-state index contributed by atoms with van der Waals surface area (Å²) in [5, 5.41) is 3.71. The molecule has 0 radical (unpaired) electrons. The van der Waals surface area contributed by atoms with E-state index >= 15 is 0 Å². The molecule has 28 heavy (non-hydrogen) atoms. The van der Waals surface area contributed by atoms with E-state index in [-0.39, 0.29) is 11.8 Å². The van der Waals surface area contributed by atoms with Gasteiger partial charge in [-0.25, -0.2) is 0 Å². The number of amides is 1. The Morgan fingerprint density at radius 3 is 2.43 bits per heavy atom. The van der Waals surface area contributed by atoms with Crippen molar-refractivity contribution in [2.45, 2.75) is 33.1 Å². The van der Waals surface area contributed by atoms with Crippen molar-refractivity contribution in [2.24, 2.45) is 5.92 Å². The molecular formula is C24H25ClN2O. The molecule has 144 valence electrons. The predicted molar refractivity (Wildman–Crippen MR) is 117 cm³/mol. The fourth-order valence-corrected chi connectivity index (χ4v) is 3.49. The van der Waals surface area contributed by atoms with Gasteiger partial charge in [-0.15, -0.1) is 0 Å². The molecule has 2 aromatic carbocycles. The van der Waals surface area contributed by atoms with Crippen molar-refractivity contribution in [1.82, 2.24) is 4.98 Å². The maximum atomic E-state index is 13.0. The first kappa shape index (κ1) is 20.1. The van der Waals surface area contributed by atoms with Crippen LogP contribution in [0.15, 0.2) is 66.9 Å². The third-order valence-corrected chi connectivity index (χ3v) is 4.89. The van der Waals surface area contributed by atoms with E-state index in [1.165, 1.54) is 0 Å². The number of nitrogens with one attached hydrogen (secondary N) is 1. The number of halogens is 1. The molecular weight excluding hydrogens is 368 g/mol. The van der Waals surface area contributed by atoms with Crippen molar-refractivity contribution >= 4 is 23.2 Å². The second kappa shape index (κ2) is 9.03. The molecule has 1 amide bonds. The third-order valence-electron chi connectivity index (χ3n) is 4.66. The largest absolute Gasteiger partial charge is 0.326 e. The predicted octanol–water partition coefficient (Wildman–Crippen LogP) is 6.48. The highest BCUT2D eigenvalue weighted by molar-refractivity contribution is 6.30. The van der Waals surface area contributed by atoms with Gasteiger partial charge in [-0.05, 0) is 72.4 Å². The third kappa shape index (κ3) is 5.20. The SMILES string of the molecule is Cc1cc(-c2ccc(NC(=O)C(CC(C)C)c3cccc(Cl)c3)cc2)ccn1. The Balaban J connectivity index is 1.77. The van der Waals surface area contributed by atoms with Crippen molar-refractivity contribution in [3.05, 3.63) is 83.1 Å². The van der Waals surface area contributed by atoms with Gasteiger partial charge in [0.25, 0.3) is 0 Å². The van der Waals surface area contributed by atoms with Crippen LogP contribution in [0.4, 0.5) is 5.69 Å². The minimum atomic E-state index is -0.235. The van der Waals surface area contributed by atoms with Gasteiger partial charge in [0, 0.05) is 22.6 Å². The zero-order valence-corrected chi connectivity index (χ0v) is 17.2. The highest BCUT2D eigenvalue weighted by Gasteiger charge is 2.22. The Hall–Kier alpha value is -2.65. The van der Waals surface area contributed by atoms with Crippen LogP contribution in [0, 0.1) is 12.8 Å². The number of aromatic nitrogens is 1. The van der Waals surface area contributed by atoms with Crippen molar-refractivity contribution < 1.29 is 4.79 Å². The lowest BCUT2D eigenvalue weighted by molar-refractivity contribution is -0.117. The summed E-state index contributed by atoms with van der Waals surface area (Å²) in [6.45, 7) is 6.22. The van der Waals surface area contributed by atoms with Crippen molar-refractivity contribution in [1.29, 1.82) is 0 Å². The van der Waals surface area contributed by atoms with Crippen LogP contribution in [0.3, 0.4) is 0 Å². The fourth-order valence-electron chi connectivity index (χ4n) is 3.29. The molecule has 0 fully saturated rings.